The van der Waals surface area contributed by atoms with Gasteiger partial charge in [-0.05, 0) is 69.3 Å². The number of amides is 1. The molecule has 4 aliphatic carbocycles. The van der Waals surface area contributed by atoms with E-state index in [1.54, 1.807) is 25.1 Å². The Bertz CT molecular complexity index is 1570. The highest BCUT2D eigenvalue weighted by Gasteiger charge is 2.70. The molecule has 8 N–H and O–H groups in total. The molecule has 0 heterocycles. The summed E-state index contributed by atoms with van der Waals surface area (Å²) in [5.74, 6) is -0.366. The van der Waals surface area contributed by atoms with Gasteiger partial charge in [-0.15, -0.1) is 0 Å². The lowest BCUT2D eigenvalue weighted by Crippen LogP contribution is -2.79. The molecular weight excluding hydrogens is 528 g/mol. The van der Waals surface area contributed by atoms with Gasteiger partial charge in [-0.2, -0.15) is 0 Å². The molecule has 0 unspecified atom stereocenters. The van der Waals surface area contributed by atoms with E-state index in [0.29, 0.717) is 11.3 Å². The molecule has 0 fully saturated rings. The van der Waals surface area contributed by atoms with E-state index in [-0.39, 0.29) is 35.3 Å². The van der Waals surface area contributed by atoms with Gasteiger partial charge in [-0.1, -0.05) is 17.9 Å². The van der Waals surface area contributed by atoms with Crippen LogP contribution in [0.4, 0.5) is 5.69 Å². The Balaban J connectivity index is 1.75. The standard InChI is InChI=1S/C30H34N4O7/c1-33(2)18-12-15(10-9-14-7-5-6-8-14)22(35)20-17(18)11-16-13-29(32)25(34(3)4)24(37)21(28(31)40)27(39)30(29,41)26(38)19(16)23(20)36/h7,12,16,25,35,37-38,41H,5-6,8,11,13,32H2,1-4H3,(H2,31,40)/t16-,25+,29+,30-/m0/s1. The second kappa shape index (κ2) is 9.48. The second-order valence-electron chi connectivity index (χ2n) is 11.7. The Morgan fingerprint density at radius 1 is 1.12 bits per heavy atom. The molecule has 0 saturated carbocycles. The fourth-order valence-electron chi connectivity index (χ4n) is 6.94. The Labute approximate surface area is 237 Å². The van der Waals surface area contributed by atoms with Crippen molar-refractivity contribution in [3.8, 4) is 17.6 Å². The van der Waals surface area contributed by atoms with Crippen LogP contribution in [0.2, 0.25) is 0 Å². The number of aliphatic hydroxyl groups is 3. The summed E-state index contributed by atoms with van der Waals surface area (Å²) in [7, 11) is 6.62. The maximum atomic E-state index is 14.1. The van der Waals surface area contributed by atoms with Gasteiger partial charge in [0.2, 0.25) is 11.4 Å². The van der Waals surface area contributed by atoms with E-state index in [9.17, 15) is 34.8 Å². The van der Waals surface area contributed by atoms with Crippen LogP contribution in [-0.4, -0.2) is 88.2 Å². The third-order valence-electron chi connectivity index (χ3n) is 8.77. The summed E-state index contributed by atoms with van der Waals surface area (Å²) in [5.41, 5.74) is 8.15. The van der Waals surface area contributed by atoms with Crippen molar-refractivity contribution < 1.29 is 34.8 Å². The minimum absolute atomic E-state index is 0.0900. The van der Waals surface area contributed by atoms with Gasteiger partial charge >= 0.3 is 0 Å². The average Bonchev–Trinajstić information content (AvgIpc) is 3.39. The number of nitrogens with zero attached hydrogens (tertiary/aromatic N) is 2. The zero-order chi connectivity index (χ0) is 30.2. The molecule has 4 aliphatic rings. The lowest BCUT2D eigenvalue weighted by molar-refractivity contribution is -0.152. The zero-order valence-corrected chi connectivity index (χ0v) is 23.4. The minimum atomic E-state index is -2.95. The highest BCUT2D eigenvalue weighted by molar-refractivity contribution is 6.25. The number of primary amides is 1. The van der Waals surface area contributed by atoms with E-state index in [1.165, 1.54) is 19.0 Å². The van der Waals surface area contributed by atoms with Gasteiger partial charge in [0.15, 0.2) is 5.78 Å². The summed E-state index contributed by atoms with van der Waals surface area (Å²) in [6.07, 6.45) is 4.70. The number of rotatable bonds is 3. The van der Waals surface area contributed by atoms with Crippen LogP contribution < -0.4 is 16.4 Å². The lowest BCUT2D eigenvalue weighted by Gasteiger charge is -2.56. The summed E-state index contributed by atoms with van der Waals surface area (Å²) in [4.78, 5) is 43.1. The largest absolute Gasteiger partial charge is 0.510 e. The molecule has 0 bridgehead atoms. The molecule has 0 saturated heterocycles. The van der Waals surface area contributed by atoms with Gasteiger partial charge in [-0.3, -0.25) is 19.3 Å². The molecule has 1 amide bonds. The molecule has 0 radical (unpaired) electrons. The molecule has 1 aromatic carbocycles. The monoisotopic (exact) mass is 562 g/mol. The zero-order valence-electron chi connectivity index (χ0n) is 23.4. The van der Waals surface area contributed by atoms with Gasteiger partial charge < -0.3 is 36.8 Å². The predicted octanol–water partition coefficient (Wildman–Crippen LogP) is 0.730. The summed E-state index contributed by atoms with van der Waals surface area (Å²) in [5, 5.41) is 45.7. The summed E-state index contributed by atoms with van der Waals surface area (Å²) >= 11 is 0. The third-order valence-corrected chi connectivity index (χ3v) is 8.77. The van der Waals surface area contributed by atoms with Crippen LogP contribution in [0, 0.1) is 17.8 Å². The Morgan fingerprint density at radius 2 is 1.80 bits per heavy atom. The maximum Gasteiger partial charge on any atom is 0.255 e. The minimum Gasteiger partial charge on any atom is -0.510 e. The van der Waals surface area contributed by atoms with Crippen molar-refractivity contribution in [2.75, 3.05) is 33.1 Å². The number of phenols is 1. The number of likely N-dealkylation sites (N-methyl/N-ethyl adjacent to an activating group) is 1. The Morgan fingerprint density at radius 3 is 2.37 bits per heavy atom. The van der Waals surface area contributed by atoms with Crippen molar-refractivity contribution in [3.63, 3.8) is 0 Å². The maximum absolute atomic E-state index is 14.1. The number of aromatic hydroxyl groups is 1. The van der Waals surface area contributed by atoms with Crippen LogP contribution in [0.3, 0.4) is 0 Å². The van der Waals surface area contributed by atoms with Gasteiger partial charge in [0.1, 0.15) is 22.8 Å². The van der Waals surface area contributed by atoms with Crippen LogP contribution in [-0.2, 0) is 16.0 Å². The molecular formula is C30H34N4O7. The number of nitrogens with two attached hydrogens (primary N) is 2. The Hall–Kier alpha value is -4.11. The fourth-order valence-corrected chi connectivity index (χ4v) is 6.94. The number of phenolic OH excluding ortho intramolecular Hbond substituents is 1. The summed E-state index contributed by atoms with van der Waals surface area (Å²) in [6, 6.07) is 0.397. The van der Waals surface area contributed by atoms with E-state index in [4.69, 9.17) is 11.5 Å². The molecule has 11 nitrogen and oxygen atoms in total. The van der Waals surface area contributed by atoms with E-state index in [1.807, 2.05) is 6.08 Å². The molecule has 1 aromatic rings. The van der Waals surface area contributed by atoms with Gasteiger partial charge in [0.05, 0.1) is 22.7 Å². The lowest BCUT2D eigenvalue weighted by atomic mass is 9.54. The molecule has 5 rings (SSSR count). The van der Waals surface area contributed by atoms with E-state index in [2.05, 4.69) is 11.8 Å². The van der Waals surface area contributed by atoms with Crippen molar-refractivity contribution in [3.05, 3.63) is 57.1 Å². The number of ketones is 2. The van der Waals surface area contributed by atoms with Crippen molar-refractivity contribution in [2.24, 2.45) is 17.4 Å². The molecule has 41 heavy (non-hydrogen) atoms. The second-order valence-corrected chi connectivity index (χ2v) is 11.7. The fraction of sp³-hybridized carbons (Fsp3) is 0.433. The highest BCUT2D eigenvalue weighted by Crippen LogP contribution is 2.54. The number of carbonyl (C=O) groups excluding carboxylic acids is 3. The first-order valence-corrected chi connectivity index (χ1v) is 13.4. The molecule has 0 spiro atoms. The summed E-state index contributed by atoms with van der Waals surface area (Å²) < 4.78 is 0. The van der Waals surface area contributed by atoms with Gasteiger partial charge in [0.25, 0.3) is 5.91 Å². The molecule has 0 aromatic heterocycles. The number of anilines is 1. The first-order valence-electron chi connectivity index (χ1n) is 13.4. The number of carbonyl (C=O) groups is 3. The van der Waals surface area contributed by atoms with Crippen LogP contribution in [0.5, 0.6) is 5.75 Å². The van der Waals surface area contributed by atoms with Crippen LogP contribution >= 0.6 is 0 Å². The molecule has 216 valence electrons. The number of fused-ring (bicyclic) bond motifs is 3. The van der Waals surface area contributed by atoms with E-state index < -0.39 is 57.7 Å². The number of allylic oxidation sites excluding steroid dienone is 3. The number of hydrogen-bond donors (Lipinski definition) is 6. The predicted molar refractivity (Wildman–Crippen MR) is 150 cm³/mol. The normalized spacial score (nSPS) is 29.0. The number of hydrogen-bond acceptors (Lipinski definition) is 10. The first-order chi connectivity index (χ1) is 19.2. The number of Topliss-reactive ketones (excluding diaryl/α,β-unsaturated/α-hetero) is 2. The average molecular weight is 563 g/mol. The van der Waals surface area contributed by atoms with Crippen molar-refractivity contribution in [1.29, 1.82) is 0 Å². The van der Waals surface area contributed by atoms with Gasteiger partial charge in [0, 0.05) is 25.4 Å². The van der Waals surface area contributed by atoms with E-state index >= 15 is 0 Å². The van der Waals surface area contributed by atoms with Crippen molar-refractivity contribution >= 4 is 23.2 Å². The Kier molecular flexibility index (Phi) is 6.57. The first kappa shape index (κ1) is 28.4. The highest BCUT2D eigenvalue weighted by atomic mass is 16.4. The van der Waals surface area contributed by atoms with Crippen LogP contribution in [0.15, 0.2) is 40.4 Å². The molecule has 4 atom stereocenters. The van der Waals surface area contributed by atoms with E-state index in [0.717, 1.165) is 24.8 Å². The topological polar surface area (TPSA) is 191 Å². The van der Waals surface area contributed by atoms with Crippen LogP contribution in [0.25, 0.3) is 0 Å². The number of benzene rings is 1. The SMILES string of the molecule is CN(C)c1cc(C#CC2=CCCC2)c(O)c2c1C[C@H]1C[C@@]3(N)[C@H](N(C)C)C(O)=C(C(N)=O)C(=O)[C@@]3(O)C(O)=C1C2=O. The smallest absolute Gasteiger partial charge is 0.255 e. The summed E-state index contributed by atoms with van der Waals surface area (Å²) in [6.45, 7) is 0. The number of aliphatic hydroxyl groups excluding tert-OH is 2. The van der Waals surface area contributed by atoms with Crippen molar-refractivity contribution in [2.45, 2.75) is 49.3 Å². The van der Waals surface area contributed by atoms with Crippen LogP contribution in [0.1, 0.15) is 47.2 Å². The van der Waals surface area contributed by atoms with Gasteiger partial charge in [-0.25, -0.2) is 0 Å². The quantitative estimate of drug-likeness (QED) is 0.226. The molecule has 11 heteroatoms. The third kappa shape index (κ3) is 3.82. The van der Waals surface area contributed by atoms with Crippen molar-refractivity contribution in [1.82, 2.24) is 4.90 Å². The molecule has 0 aliphatic heterocycles.